The van der Waals surface area contributed by atoms with Gasteiger partial charge in [-0.25, -0.2) is 4.79 Å². The van der Waals surface area contributed by atoms with Crippen molar-refractivity contribution in [2.75, 3.05) is 38.0 Å². The van der Waals surface area contributed by atoms with Crippen molar-refractivity contribution in [3.63, 3.8) is 0 Å². The lowest BCUT2D eigenvalue weighted by atomic mass is 10.2. The van der Waals surface area contributed by atoms with E-state index < -0.39 is 0 Å². The van der Waals surface area contributed by atoms with Gasteiger partial charge in [-0.3, -0.25) is 4.90 Å². The van der Waals surface area contributed by atoms with Gasteiger partial charge in [0, 0.05) is 38.4 Å². The molecule has 0 spiro atoms. The summed E-state index contributed by atoms with van der Waals surface area (Å²) in [5.41, 5.74) is 1.97. The van der Waals surface area contributed by atoms with Crippen molar-refractivity contribution in [3.05, 3.63) is 29.8 Å². The first-order valence-corrected chi connectivity index (χ1v) is 7.61. The van der Waals surface area contributed by atoms with Crippen LogP contribution in [0.15, 0.2) is 24.3 Å². The maximum absolute atomic E-state index is 12.2. The zero-order valence-electron chi connectivity index (χ0n) is 12.9. The van der Waals surface area contributed by atoms with Crippen LogP contribution in [0.1, 0.15) is 18.9 Å². The van der Waals surface area contributed by atoms with Gasteiger partial charge in [-0.15, -0.1) is 0 Å². The van der Waals surface area contributed by atoms with Gasteiger partial charge in [0.1, 0.15) is 0 Å². The molecule has 5 heteroatoms. The molecule has 1 atom stereocenters. The Labute approximate surface area is 126 Å². The third-order valence-electron chi connectivity index (χ3n) is 3.87. The second kappa shape index (κ2) is 7.43. The van der Waals surface area contributed by atoms with E-state index in [1.165, 1.54) is 0 Å². The molecule has 0 saturated carbocycles. The molecular weight excluding hydrogens is 266 g/mol. The molecule has 116 valence electrons. The molecule has 0 aromatic heterocycles. The Morgan fingerprint density at radius 1 is 1.33 bits per heavy atom. The number of carbonyl (C=O) groups excluding carboxylic acids is 1. The fraction of sp³-hybridized carbons (Fsp3) is 0.562. The second-order valence-electron chi connectivity index (χ2n) is 5.65. The van der Waals surface area contributed by atoms with Gasteiger partial charge in [0.05, 0.1) is 6.10 Å². The molecule has 2 N–H and O–H groups in total. The molecule has 5 nitrogen and oxygen atoms in total. The number of nitrogens with one attached hydrogen (secondary N) is 1. The second-order valence-corrected chi connectivity index (χ2v) is 5.65. The van der Waals surface area contributed by atoms with Gasteiger partial charge in [-0.05, 0) is 31.0 Å². The summed E-state index contributed by atoms with van der Waals surface area (Å²) >= 11 is 0. The Kier molecular flexibility index (Phi) is 5.59. The van der Waals surface area contributed by atoms with Gasteiger partial charge in [0.15, 0.2) is 0 Å². The van der Waals surface area contributed by atoms with Gasteiger partial charge in [-0.2, -0.15) is 0 Å². The fourth-order valence-corrected chi connectivity index (χ4v) is 2.49. The number of piperazine rings is 1. The van der Waals surface area contributed by atoms with Crippen molar-refractivity contribution in [1.29, 1.82) is 0 Å². The van der Waals surface area contributed by atoms with E-state index in [1.807, 2.05) is 43.0 Å². The number of amides is 2. The largest absolute Gasteiger partial charge is 0.392 e. The van der Waals surface area contributed by atoms with E-state index in [0.717, 1.165) is 30.8 Å². The maximum Gasteiger partial charge on any atom is 0.321 e. The van der Waals surface area contributed by atoms with Crippen LogP contribution in [0.5, 0.6) is 0 Å². The predicted molar refractivity (Wildman–Crippen MR) is 84.5 cm³/mol. The summed E-state index contributed by atoms with van der Waals surface area (Å²) in [4.78, 5) is 16.3. The van der Waals surface area contributed by atoms with E-state index in [9.17, 15) is 9.90 Å². The van der Waals surface area contributed by atoms with Gasteiger partial charge in [-0.1, -0.05) is 19.1 Å². The molecule has 1 heterocycles. The lowest BCUT2D eigenvalue weighted by Crippen LogP contribution is -2.51. The zero-order valence-corrected chi connectivity index (χ0v) is 12.9. The average Bonchev–Trinajstić information content (AvgIpc) is 2.47. The Balaban J connectivity index is 1.80. The van der Waals surface area contributed by atoms with Crippen molar-refractivity contribution in [1.82, 2.24) is 9.80 Å². The van der Waals surface area contributed by atoms with Crippen molar-refractivity contribution in [3.8, 4) is 0 Å². The highest BCUT2D eigenvalue weighted by Crippen LogP contribution is 2.11. The van der Waals surface area contributed by atoms with Gasteiger partial charge < -0.3 is 15.3 Å². The smallest absolute Gasteiger partial charge is 0.321 e. The van der Waals surface area contributed by atoms with Crippen LogP contribution in [-0.4, -0.2) is 59.8 Å². The Morgan fingerprint density at radius 2 is 2.05 bits per heavy atom. The number of aryl methyl sites for hydroxylation is 1. The monoisotopic (exact) mass is 291 g/mol. The van der Waals surface area contributed by atoms with Crippen LogP contribution in [0.2, 0.25) is 0 Å². The molecule has 21 heavy (non-hydrogen) atoms. The van der Waals surface area contributed by atoms with E-state index in [0.29, 0.717) is 19.6 Å². The molecular formula is C16H25N3O2. The summed E-state index contributed by atoms with van der Waals surface area (Å²) in [7, 11) is 0. The Morgan fingerprint density at radius 3 is 2.67 bits per heavy atom. The third-order valence-corrected chi connectivity index (χ3v) is 3.87. The number of carbonyl (C=O) groups is 1. The minimum absolute atomic E-state index is 0.0451. The number of rotatable bonds is 4. The predicted octanol–water partition coefficient (Wildman–Crippen LogP) is 1.92. The first-order valence-electron chi connectivity index (χ1n) is 7.61. The number of nitrogens with zero attached hydrogens (tertiary/aromatic N) is 2. The normalized spacial score (nSPS) is 17.6. The van der Waals surface area contributed by atoms with Crippen molar-refractivity contribution >= 4 is 11.7 Å². The number of urea groups is 1. The summed E-state index contributed by atoms with van der Waals surface area (Å²) in [6, 6.07) is 7.77. The molecule has 1 unspecified atom stereocenters. The standard InChI is InChI=1S/C16H25N3O2/c1-3-15(20)12-18-7-9-19(10-8-18)16(21)17-14-6-4-5-13(2)11-14/h4-6,11,15,20H,3,7-10,12H2,1-2H3,(H,17,21). The highest BCUT2D eigenvalue weighted by atomic mass is 16.3. The molecule has 1 fully saturated rings. The number of hydrogen-bond acceptors (Lipinski definition) is 3. The van der Waals surface area contributed by atoms with Crippen LogP contribution < -0.4 is 5.32 Å². The summed E-state index contributed by atoms with van der Waals surface area (Å²) in [5.74, 6) is 0. The fourth-order valence-electron chi connectivity index (χ4n) is 2.49. The Bertz CT molecular complexity index is 470. The number of benzene rings is 1. The molecule has 2 rings (SSSR count). The first kappa shape index (κ1) is 15.8. The molecule has 0 bridgehead atoms. The lowest BCUT2D eigenvalue weighted by molar-refractivity contribution is 0.0812. The zero-order chi connectivity index (χ0) is 15.2. The number of anilines is 1. The van der Waals surface area contributed by atoms with Crippen LogP contribution in [0, 0.1) is 6.92 Å². The first-order chi connectivity index (χ1) is 10.1. The topological polar surface area (TPSA) is 55.8 Å². The van der Waals surface area contributed by atoms with E-state index in [4.69, 9.17) is 0 Å². The summed E-state index contributed by atoms with van der Waals surface area (Å²) in [6.07, 6.45) is 0.506. The van der Waals surface area contributed by atoms with Crippen LogP contribution in [0.4, 0.5) is 10.5 Å². The maximum atomic E-state index is 12.2. The highest BCUT2D eigenvalue weighted by molar-refractivity contribution is 5.89. The summed E-state index contributed by atoms with van der Waals surface area (Å²) < 4.78 is 0. The van der Waals surface area contributed by atoms with Gasteiger partial charge in [0.25, 0.3) is 0 Å². The molecule has 1 aliphatic rings. The molecule has 2 amide bonds. The van der Waals surface area contributed by atoms with E-state index in [1.54, 1.807) is 0 Å². The number of aliphatic hydroxyl groups excluding tert-OH is 1. The van der Waals surface area contributed by atoms with Crippen LogP contribution in [0.25, 0.3) is 0 Å². The molecule has 1 aromatic rings. The van der Waals surface area contributed by atoms with E-state index >= 15 is 0 Å². The van der Waals surface area contributed by atoms with Gasteiger partial charge in [0.2, 0.25) is 0 Å². The van der Waals surface area contributed by atoms with Gasteiger partial charge >= 0.3 is 6.03 Å². The van der Waals surface area contributed by atoms with Crippen LogP contribution in [-0.2, 0) is 0 Å². The number of β-amino-alcohol motifs (C(OH)–C–C–N with tert-alkyl or cyclic N) is 1. The number of hydrogen-bond donors (Lipinski definition) is 2. The molecule has 1 aromatic carbocycles. The average molecular weight is 291 g/mol. The molecule has 1 saturated heterocycles. The molecule has 0 aliphatic carbocycles. The molecule has 0 radical (unpaired) electrons. The van der Waals surface area contributed by atoms with Crippen molar-refractivity contribution < 1.29 is 9.90 Å². The van der Waals surface area contributed by atoms with Crippen LogP contribution in [0.3, 0.4) is 0 Å². The minimum atomic E-state index is -0.266. The van der Waals surface area contributed by atoms with Crippen LogP contribution >= 0.6 is 0 Å². The third kappa shape index (κ3) is 4.72. The minimum Gasteiger partial charge on any atom is -0.392 e. The van der Waals surface area contributed by atoms with Crippen molar-refractivity contribution in [2.24, 2.45) is 0 Å². The number of aliphatic hydroxyl groups is 1. The quantitative estimate of drug-likeness (QED) is 0.891. The summed E-state index contributed by atoms with van der Waals surface area (Å²) in [5, 5.41) is 12.6. The lowest BCUT2D eigenvalue weighted by Gasteiger charge is -2.35. The molecule has 1 aliphatic heterocycles. The van der Waals surface area contributed by atoms with E-state index in [-0.39, 0.29) is 12.1 Å². The highest BCUT2D eigenvalue weighted by Gasteiger charge is 2.22. The SMILES string of the molecule is CCC(O)CN1CCN(C(=O)Nc2cccc(C)c2)CC1. The summed E-state index contributed by atoms with van der Waals surface area (Å²) in [6.45, 7) is 7.73. The van der Waals surface area contributed by atoms with Crippen molar-refractivity contribution in [2.45, 2.75) is 26.4 Å². The Hall–Kier alpha value is -1.59. The van der Waals surface area contributed by atoms with E-state index in [2.05, 4.69) is 10.2 Å².